The second-order valence-corrected chi connectivity index (χ2v) is 5.35. The quantitative estimate of drug-likeness (QED) is 0.661. The van der Waals surface area contributed by atoms with Crippen molar-refractivity contribution >= 4 is 0 Å². The van der Waals surface area contributed by atoms with Crippen LogP contribution in [-0.2, 0) is 4.74 Å². The van der Waals surface area contributed by atoms with Crippen LogP contribution < -0.4 is 5.32 Å². The molecule has 1 unspecified atom stereocenters. The summed E-state index contributed by atoms with van der Waals surface area (Å²) in [6, 6.07) is 0.574. The summed E-state index contributed by atoms with van der Waals surface area (Å²) in [4.78, 5) is 0. The van der Waals surface area contributed by atoms with Crippen molar-refractivity contribution in [2.24, 2.45) is 0 Å². The zero-order chi connectivity index (χ0) is 12.6. The Morgan fingerprint density at radius 3 is 2.35 bits per heavy atom. The van der Waals surface area contributed by atoms with Gasteiger partial charge in [0.25, 0.3) is 0 Å². The molecule has 1 atom stereocenters. The van der Waals surface area contributed by atoms with Crippen molar-refractivity contribution in [3.05, 3.63) is 0 Å². The molecule has 0 aliphatic heterocycles. The predicted molar refractivity (Wildman–Crippen MR) is 74.4 cm³/mol. The number of hydrogen-bond donors (Lipinski definition) is 1. The molecule has 0 heterocycles. The van der Waals surface area contributed by atoms with Crippen LogP contribution in [0.25, 0.3) is 0 Å². The highest BCUT2D eigenvalue weighted by Gasteiger charge is 2.41. The summed E-state index contributed by atoms with van der Waals surface area (Å²) in [6.45, 7) is 8.64. The van der Waals surface area contributed by atoms with Crippen molar-refractivity contribution in [2.45, 2.75) is 83.8 Å². The molecule has 1 aliphatic rings. The van der Waals surface area contributed by atoms with Gasteiger partial charge in [-0.25, -0.2) is 0 Å². The zero-order valence-corrected chi connectivity index (χ0v) is 12.1. The highest BCUT2D eigenvalue weighted by Crippen LogP contribution is 2.37. The van der Waals surface area contributed by atoms with Gasteiger partial charge in [-0.05, 0) is 39.2 Å². The molecule has 102 valence electrons. The summed E-state index contributed by atoms with van der Waals surface area (Å²) in [6.07, 6.45) is 10.3. The fourth-order valence-electron chi connectivity index (χ4n) is 3.13. The molecule has 1 fully saturated rings. The first kappa shape index (κ1) is 15.0. The van der Waals surface area contributed by atoms with Crippen LogP contribution in [0, 0.1) is 0 Å². The molecule has 0 bridgehead atoms. The normalized spacial score (nSPS) is 20.6. The molecule has 1 N–H and O–H groups in total. The number of hydrogen-bond acceptors (Lipinski definition) is 2. The first-order chi connectivity index (χ1) is 8.29. The van der Waals surface area contributed by atoms with E-state index >= 15 is 0 Å². The van der Waals surface area contributed by atoms with E-state index in [0.717, 1.165) is 13.2 Å². The van der Waals surface area contributed by atoms with Crippen LogP contribution in [-0.4, -0.2) is 24.8 Å². The topological polar surface area (TPSA) is 21.3 Å². The lowest BCUT2D eigenvalue weighted by Crippen LogP contribution is -2.51. The van der Waals surface area contributed by atoms with Crippen LogP contribution in [0.3, 0.4) is 0 Å². The van der Waals surface area contributed by atoms with Crippen molar-refractivity contribution < 1.29 is 4.74 Å². The summed E-state index contributed by atoms with van der Waals surface area (Å²) in [5.74, 6) is 0. The van der Waals surface area contributed by atoms with Gasteiger partial charge in [-0.1, -0.05) is 39.5 Å². The molecule has 0 aromatic rings. The second-order valence-electron chi connectivity index (χ2n) is 5.35. The van der Waals surface area contributed by atoms with E-state index in [1.54, 1.807) is 0 Å². The lowest BCUT2D eigenvalue weighted by atomic mass is 9.88. The van der Waals surface area contributed by atoms with E-state index in [9.17, 15) is 0 Å². The van der Waals surface area contributed by atoms with Gasteiger partial charge in [0.15, 0.2) is 0 Å². The number of rotatable bonds is 9. The van der Waals surface area contributed by atoms with Crippen molar-refractivity contribution in [1.82, 2.24) is 5.32 Å². The van der Waals surface area contributed by atoms with E-state index in [-0.39, 0.29) is 5.60 Å². The van der Waals surface area contributed by atoms with Crippen molar-refractivity contribution in [2.75, 3.05) is 13.2 Å². The van der Waals surface area contributed by atoms with Gasteiger partial charge in [0.05, 0.1) is 5.60 Å². The Balaban J connectivity index is 2.61. The van der Waals surface area contributed by atoms with E-state index in [4.69, 9.17) is 4.74 Å². The Morgan fingerprint density at radius 2 is 1.82 bits per heavy atom. The average Bonchev–Trinajstić information content (AvgIpc) is 2.79. The van der Waals surface area contributed by atoms with Crippen LogP contribution >= 0.6 is 0 Å². The Morgan fingerprint density at radius 1 is 1.12 bits per heavy atom. The van der Waals surface area contributed by atoms with E-state index in [2.05, 4.69) is 26.1 Å². The average molecular weight is 241 g/mol. The van der Waals surface area contributed by atoms with E-state index in [0.29, 0.717) is 6.04 Å². The molecule has 1 saturated carbocycles. The number of unbranched alkanes of at least 4 members (excludes halogenated alkanes) is 1. The minimum atomic E-state index is 0.152. The van der Waals surface area contributed by atoms with Gasteiger partial charge in [-0.2, -0.15) is 0 Å². The largest absolute Gasteiger partial charge is 0.374 e. The third-order valence-corrected chi connectivity index (χ3v) is 4.00. The standard InChI is InChI=1S/C15H31NO/c1-4-7-10-14(16-13-5-2)15(17-6-3)11-8-9-12-15/h14,16H,4-13H2,1-3H3. The Kier molecular flexibility index (Phi) is 7.14. The van der Waals surface area contributed by atoms with Crippen LogP contribution in [0.1, 0.15) is 72.1 Å². The molecule has 0 aromatic carbocycles. The summed E-state index contributed by atoms with van der Waals surface area (Å²) in [5, 5.41) is 3.75. The summed E-state index contributed by atoms with van der Waals surface area (Å²) < 4.78 is 6.18. The third kappa shape index (κ3) is 4.26. The van der Waals surface area contributed by atoms with Crippen LogP contribution in [0.2, 0.25) is 0 Å². The molecule has 2 heteroatoms. The van der Waals surface area contributed by atoms with E-state index in [1.165, 1.54) is 51.4 Å². The SMILES string of the molecule is CCCCC(NCCC)C1(OCC)CCCC1. The molecule has 0 saturated heterocycles. The molecular weight excluding hydrogens is 210 g/mol. The molecular formula is C15H31NO. The zero-order valence-electron chi connectivity index (χ0n) is 12.1. The highest BCUT2D eigenvalue weighted by molar-refractivity contribution is 4.97. The van der Waals surface area contributed by atoms with Crippen molar-refractivity contribution in [3.8, 4) is 0 Å². The minimum Gasteiger partial charge on any atom is -0.374 e. The first-order valence-electron chi connectivity index (χ1n) is 7.66. The first-order valence-corrected chi connectivity index (χ1v) is 7.66. The minimum absolute atomic E-state index is 0.152. The van der Waals surface area contributed by atoms with Gasteiger partial charge in [0, 0.05) is 12.6 Å². The maximum atomic E-state index is 6.18. The van der Waals surface area contributed by atoms with Gasteiger partial charge in [0.2, 0.25) is 0 Å². The third-order valence-electron chi connectivity index (χ3n) is 4.00. The second kappa shape index (κ2) is 8.10. The monoisotopic (exact) mass is 241 g/mol. The Bertz CT molecular complexity index is 179. The molecule has 17 heavy (non-hydrogen) atoms. The van der Waals surface area contributed by atoms with Gasteiger partial charge >= 0.3 is 0 Å². The van der Waals surface area contributed by atoms with Crippen molar-refractivity contribution in [1.29, 1.82) is 0 Å². The predicted octanol–water partition coefficient (Wildman–Crippen LogP) is 3.89. The fraction of sp³-hybridized carbons (Fsp3) is 1.00. The molecule has 0 amide bonds. The summed E-state index contributed by atoms with van der Waals surface area (Å²) in [7, 11) is 0. The highest BCUT2D eigenvalue weighted by atomic mass is 16.5. The van der Waals surface area contributed by atoms with Gasteiger partial charge in [-0.15, -0.1) is 0 Å². The lowest BCUT2D eigenvalue weighted by Gasteiger charge is -2.38. The molecule has 0 spiro atoms. The van der Waals surface area contributed by atoms with Crippen LogP contribution in [0.15, 0.2) is 0 Å². The van der Waals surface area contributed by atoms with Crippen LogP contribution in [0.4, 0.5) is 0 Å². The molecule has 1 aliphatic carbocycles. The summed E-state index contributed by atoms with van der Waals surface area (Å²) >= 11 is 0. The maximum absolute atomic E-state index is 6.18. The van der Waals surface area contributed by atoms with Gasteiger partial charge < -0.3 is 10.1 Å². The Labute approximate surface area is 108 Å². The van der Waals surface area contributed by atoms with Gasteiger partial charge in [-0.3, -0.25) is 0 Å². The number of ether oxygens (including phenoxy) is 1. The molecule has 2 nitrogen and oxygen atoms in total. The van der Waals surface area contributed by atoms with Gasteiger partial charge in [0.1, 0.15) is 0 Å². The van der Waals surface area contributed by atoms with E-state index < -0.39 is 0 Å². The van der Waals surface area contributed by atoms with Crippen LogP contribution in [0.5, 0.6) is 0 Å². The number of nitrogens with one attached hydrogen (secondary N) is 1. The fourth-order valence-corrected chi connectivity index (χ4v) is 3.13. The Hall–Kier alpha value is -0.0800. The summed E-state index contributed by atoms with van der Waals surface area (Å²) in [5.41, 5.74) is 0.152. The van der Waals surface area contributed by atoms with E-state index in [1.807, 2.05) is 0 Å². The van der Waals surface area contributed by atoms with Crippen molar-refractivity contribution in [3.63, 3.8) is 0 Å². The molecule has 1 rings (SSSR count). The molecule has 0 aromatic heterocycles. The smallest absolute Gasteiger partial charge is 0.0834 e. The lowest BCUT2D eigenvalue weighted by molar-refractivity contribution is -0.0635. The maximum Gasteiger partial charge on any atom is 0.0834 e. The molecule has 0 radical (unpaired) electrons.